The lowest BCUT2D eigenvalue weighted by molar-refractivity contribution is -0.118. The Bertz CT molecular complexity index is 285. The molecule has 1 aromatic heterocycles. The van der Waals surface area contributed by atoms with Crippen molar-refractivity contribution in [3.8, 4) is 0 Å². The highest BCUT2D eigenvalue weighted by atomic mass is 32.2. The lowest BCUT2D eigenvalue weighted by Gasteiger charge is -1.98. The minimum absolute atomic E-state index is 0.172. The molecule has 0 bridgehead atoms. The number of carbonyl (C=O) groups excluding carboxylic acids is 1. The summed E-state index contributed by atoms with van der Waals surface area (Å²) in [5.74, 6) is 6.72. The molecule has 0 saturated heterocycles. The van der Waals surface area contributed by atoms with E-state index in [1.54, 1.807) is 6.26 Å². The van der Waals surface area contributed by atoms with Gasteiger partial charge in [0.25, 0.3) is 0 Å². The number of furan rings is 1. The fourth-order valence-corrected chi connectivity index (χ4v) is 1.68. The van der Waals surface area contributed by atoms with Crippen LogP contribution in [0.2, 0.25) is 0 Å². The molecule has 0 aromatic carbocycles. The third-order valence-corrected chi connectivity index (χ3v) is 2.53. The zero-order valence-corrected chi connectivity index (χ0v) is 8.19. The Kier molecular flexibility index (Phi) is 3.85. The number of carbonyl (C=O) groups is 1. The Hall–Kier alpha value is -0.940. The molecule has 1 amide bonds. The molecular formula is C8H12N2O2S. The summed E-state index contributed by atoms with van der Waals surface area (Å²) in [6.07, 6.45) is 1.65. The van der Waals surface area contributed by atoms with E-state index < -0.39 is 0 Å². The third-order valence-electron chi connectivity index (χ3n) is 1.60. The Morgan fingerprint density at radius 3 is 3.08 bits per heavy atom. The van der Waals surface area contributed by atoms with Gasteiger partial charge in [-0.25, -0.2) is 5.84 Å². The lowest BCUT2D eigenvalue weighted by atomic mass is 10.3. The second-order valence-corrected chi connectivity index (χ2v) is 3.57. The van der Waals surface area contributed by atoms with Gasteiger partial charge >= 0.3 is 0 Å². The first-order chi connectivity index (χ1) is 6.24. The van der Waals surface area contributed by atoms with Gasteiger partial charge in [0.15, 0.2) is 0 Å². The molecule has 1 heterocycles. The molecule has 4 nitrogen and oxygen atoms in total. The maximum atomic E-state index is 10.7. The first-order valence-electron chi connectivity index (χ1n) is 3.84. The summed E-state index contributed by atoms with van der Waals surface area (Å²) >= 11 is 1.47. The van der Waals surface area contributed by atoms with Crippen LogP contribution in [0.3, 0.4) is 0 Å². The first kappa shape index (κ1) is 10.1. The van der Waals surface area contributed by atoms with Crippen LogP contribution >= 0.6 is 11.8 Å². The number of nitrogens with two attached hydrogens (primary N) is 1. The summed E-state index contributed by atoms with van der Waals surface area (Å²) in [7, 11) is 0. The predicted molar refractivity (Wildman–Crippen MR) is 51.9 cm³/mol. The Morgan fingerprint density at radius 1 is 1.77 bits per heavy atom. The van der Waals surface area contributed by atoms with E-state index in [9.17, 15) is 4.79 Å². The summed E-state index contributed by atoms with van der Waals surface area (Å²) in [5, 5.41) is 0. The van der Waals surface area contributed by atoms with Crippen molar-refractivity contribution in [2.24, 2.45) is 5.84 Å². The molecule has 0 atom stereocenters. The van der Waals surface area contributed by atoms with E-state index in [1.807, 2.05) is 13.0 Å². The third kappa shape index (κ3) is 3.12. The number of hydrazine groups is 1. The van der Waals surface area contributed by atoms with Gasteiger partial charge in [0.05, 0.1) is 17.8 Å². The highest BCUT2D eigenvalue weighted by Crippen LogP contribution is 2.16. The maximum absolute atomic E-state index is 10.7. The zero-order chi connectivity index (χ0) is 9.68. The van der Waals surface area contributed by atoms with Crippen LogP contribution in [-0.4, -0.2) is 11.7 Å². The standard InChI is InChI=1S/C8H12N2O2S/c1-6-2-3-12-7(6)4-13-5-8(11)10-9/h2-3H,4-5,9H2,1H3,(H,10,11). The number of nitrogens with one attached hydrogen (secondary N) is 1. The van der Waals surface area contributed by atoms with Gasteiger partial charge in [0.1, 0.15) is 5.76 Å². The average molecular weight is 200 g/mol. The number of hydrogen-bond acceptors (Lipinski definition) is 4. The Balaban J connectivity index is 2.28. The van der Waals surface area contributed by atoms with E-state index in [4.69, 9.17) is 10.3 Å². The highest BCUT2D eigenvalue weighted by molar-refractivity contribution is 7.99. The Labute approximate surface area is 80.8 Å². The SMILES string of the molecule is Cc1ccoc1CSCC(=O)NN. The van der Waals surface area contributed by atoms with Gasteiger partial charge in [-0.1, -0.05) is 0 Å². The van der Waals surface area contributed by atoms with Crippen LogP contribution in [0.1, 0.15) is 11.3 Å². The molecule has 0 spiro atoms. The highest BCUT2D eigenvalue weighted by Gasteiger charge is 2.03. The van der Waals surface area contributed by atoms with Crippen molar-refractivity contribution in [2.75, 3.05) is 5.75 Å². The van der Waals surface area contributed by atoms with Crippen LogP contribution in [0.4, 0.5) is 0 Å². The molecule has 72 valence electrons. The largest absolute Gasteiger partial charge is 0.468 e. The van der Waals surface area contributed by atoms with Crippen molar-refractivity contribution < 1.29 is 9.21 Å². The summed E-state index contributed by atoms with van der Waals surface area (Å²) in [6.45, 7) is 1.97. The maximum Gasteiger partial charge on any atom is 0.243 e. The van der Waals surface area contributed by atoms with Crippen molar-refractivity contribution in [2.45, 2.75) is 12.7 Å². The van der Waals surface area contributed by atoms with Crippen molar-refractivity contribution >= 4 is 17.7 Å². The van der Waals surface area contributed by atoms with Crippen LogP contribution < -0.4 is 11.3 Å². The van der Waals surface area contributed by atoms with Gasteiger partial charge in [0, 0.05) is 0 Å². The molecule has 0 radical (unpaired) electrons. The summed E-state index contributed by atoms with van der Waals surface area (Å²) < 4.78 is 5.20. The summed E-state index contributed by atoms with van der Waals surface area (Å²) in [6, 6.07) is 1.90. The minimum atomic E-state index is -0.172. The fraction of sp³-hybridized carbons (Fsp3) is 0.375. The molecular weight excluding hydrogens is 188 g/mol. The summed E-state index contributed by atoms with van der Waals surface area (Å²) in [4.78, 5) is 10.7. The quantitative estimate of drug-likeness (QED) is 0.429. The zero-order valence-electron chi connectivity index (χ0n) is 7.37. The van der Waals surface area contributed by atoms with Gasteiger partial charge in [0.2, 0.25) is 5.91 Å². The van der Waals surface area contributed by atoms with Crippen molar-refractivity contribution in [1.29, 1.82) is 0 Å². The van der Waals surface area contributed by atoms with E-state index in [-0.39, 0.29) is 5.91 Å². The molecule has 0 saturated carbocycles. The van der Waals surface area contributed by atoms with E-state index >= 15 is 0 Å². The number of rotatable bonds is 4. The number of hydrogen-bond donors (Lipinski definition) is 2. The van der Waals surface area contributed by atoms with E-state index in [0.717, 1.165) is 11.3 Å². The average Bonchev–Trinajstić information content (AvgIpc) is 2.52. The minimum Gasteiger partial charge on any atom is -0.468 e. The van der Waals surface area contributed by atoms with Crippen molar-refractivity contribution in [1.82, 2.24) is 5.43 Å². The number of aryl methyl sites for hydroxylation is 1. The van der Waals surface area contributed by atoms with Gasteiger partial charge in [-0.05, 0) is 18.6 Å². The molecule has 1 aromatic rings. The lowest BCUT2D eigenvalue weighted by Crippen LogP contribution is -2.31. The molecule has 0 aliphatic rings. The van der Waals surface area contributed by atoms with E-state index in [0.29, 0.717) is 11.5 Å². The van der Waals surface area contributed by atoms with Crippen LogP contribution in [0.25, 0.3) is 0 Å². The normalized spacial score (nSPS) is 10.0. The molecule has 0 unspecified atom stereocenters. The fourth-order valence-electron chi connectivity index (χ4n) is 0.830. The topological polar surface area (TPSA) is 68.3 Å². The first-order valence-corrected chi connectivity index (χ1v) is 4.99. The van der Waals surface area contributed by atoms with Gasteiger partial charge < -0.3 is 4.42 Å². The van der Waals surface area contributed by atoms with Crippen molar-refractivity contribution in [3.05, 3.63) is 23.7 Å². The number of amides is 1. The van der Waals surface area contributed by atoms with Crippen LogP contribution in [0.5, 0.6) is 0 Å². The molecule has 5 heteroatoms. The van der Waals surface area contributed by atoms with Gasteiger partial charge in [-0.15, -0.1) is 11.8 Å². The summed E-state index contributed by atoms with van der Waals surface area (Å²) in [5.41, 5.74) is 3.18. The smallest absolute Gasteiger partial charge is 0.243 e. The molecule has 0 fully saturated rings. The Morgan fingerprint density at radius 2 is 2.54 bits per heavy atom. The monoisotopic (exact) mass is 200 g/mol. The molecule has 3 N–H and O–H groups in total. The van der Waals surface area contributed by atoms with E-state index in [1.165, 1.54) is 11.8 Å². The van der Waals surface area contributed by atoms with Gasteiger partial charge in [-0.3, -0.25) is 10.2 Å². The van der Waals surface area contributed by atoms with Crippen LogP contribution in [0.15, 0.2) is 16.7 Å². The molecule has 0 aliphatic carbocycles. The van der Waals surface area contributed by atoms with Gasteiger partial charge in [-0.2, -0.15) is 0 Å². The predicted octanol–water partition coefficient (Wildman–Crippen LogP) is 0.811. The number of thioether (sulfide) groups is 1. The van der Waals surface area contributed by atoms with Crippen LogP contribution in [0, 0.1) is 6.92 Å². The molecule has 13 heavy (non-hydrogen) atoms. The second-order valence-electron chi connectivity index (χ2n) is 2.59. The van der Waals surface area contributed by atoms with E-state index in [2.05, 4.69) is 5.43 Å². The van der Waals surface area contributed by atoms with Crippen molar-refractivity contribution in [3.63, 3.8) is 0 Å². The molecule has 1 rings (SSSR count). The second kappa shape index (κ2) is 4.94. The molecule has 0 aliphatic heterocycles. The van der Waals surface area contributed by atoms with Crippen LogP contribution in [-0.2, 0) is 10.5 Å².